The normalized spacial score (nSPS) is 16.9. The zero-order valence-corrected chi connectivity index (χ0v) is 11.9. The molecule has 1 aliphatic rings. The number of fused-ring (bicyclic) bond motifs is 1. The number of ether oxygens (including phenoxy) is 1. The van der Waals surface area contributed by atoms with Crippen molar-refractivity contribution >= 4 is 17.5 Å². The Bertz CT molecular complexity index is 514. The summed E-state index contributed by atoms with van der Waals surface area (Å²) >= 11 is 0. The van der Waals surface area contributed by atoms with Gasteiger partial charge in [0.05, 0.1) is 12.1 Å². The van der Waals surface area contributed by atoms with Crippen LogP contribution in [-0.2, 0) is 16.0 Å². The molecule has 1 unspecified atom stereocenters. The summed E-state index contributed by atoms with van der Waals surface area (Å²) in [5.74, 6) is 0.476. The maximum Gasteiger partial charge on any atom is 0.265 e. The fourth-order valence-corrected chi connectivity index (χ4v) is 2.02. The maximum atomic E-state index is 11.7. The van der Waals surface area contributed by atoms with Crippen LogP contribution in [-0.4, -0.2) is 24.5 Å². The smallest absolute Gasteiger partial charge is 0.265 e. The maximum absolute atomic E-state index is 11.7. The van der Waals surface area contributed by atoms with Crippen LogP contribution in [0.2, 0.25) is 0 Å². The number of benzene rings is 1. The van der Waals surface area contributed by atoms with E-state index >= 15 is 0 Å². The molecule has 0 aromatic heterocycles. The van der Waals surface area contributed by atoms with Crippen LogP contribution >= 0.6 is 0 Å². The zero-order chi connectivity index (χ0) is 14.5. The van der Waals surface area contributed by atoms with Crippen molar-refractivity contribution in [1.82, 2.24) is 5.32 Å². The lowest BCUT2D eigenvalue weighted by Crippen LogP contribution is -2.34. The lowest BCUT2D eigenvalue weighted by Gasteiger charge is -2.23. The second-order valence-corrected chi connectivity index (χ2v) is 4.96. The van der Waals surface area contributed by atoms with Gasteiger partial charge in [0.1, 0.15) is 5.75 Å². The molecule has 108 valence electrons. The standard InChI is InChI=1S/C15H20N2O3/c1-3-4-7-16-14(18)9-11-5-6-13-12(8-11)17-15(19)10(2)20-13/h5-6,8,10H,3-4,7,9H2,1-2H3,(H,16,18)(H,17,19). The largest absolute Gasteiger partial charge is 0.479 e. The van der Waals surface area contributed by atoms with Crippen LogP contribution in [0.5, 0.6) is 5.75 Å². The SMILES string of the molecule is CCCCNC(=O)Cc1ccc2c(c1)NC(=O)C(C)O2. The number of rotatable bonds is 5. The van der Waals surface area contributed by atoms with E-state index in [-0.39, 0.29) is 11.8 Å². The Kier molecular flexibility index (Phi) is 4.61. The monoisotopic (exact) mass is 276 g/mol. The van der Waals surface area contributed by atoms with Gasteiger partial charge in [0.25, 0.3) is 5.91 Å². The van der Waals surface area contributed by atoms with Gasteiger partial charge in [0.15, 0.2) is 6.10 Å². The summed E-state index contributed by atoms with van der Waals surface area (Å²) in [7, 11) is 0. The van der Waals surface area contributed by atoms with E-state index in [1.165, 1.54) is 0 Å². The molecule has 0 saturated heterocycles. The van der Waals surface area contributed by atoms with E-state index in [1.807, 2.05) is 6.07 Å². The third kappa shape index (κ3) is 3.50. The van der Waals surface area contributed by atoms with Crippen molar-refractivity contribution in [2.24, 2.45) is 0 Å². The molecule has 5 nitrogen and oxygen atoms in total. The number of hydrogen-bond donors (Lipinski definition) is 2. The Balaban J connectivity index is 1.99. The van der Waals surface area contributed by atoms with Gasteiger partial charge in [0, 0.05) is 6.54 Å². The summed E-state index contributed by atoms with van der Waals surface area (Å²) < 4.78 is 5.47. The van der Waals surface area contributed by atoms with E-state index in [0.29, 0.717) is 24.4 Å². The van der Waals surface area contributed by atoms with E-state index in [2.05, 4.69) is 17.6 Å². The molecule has 1 aromatic carbocycles. The number of amides is 2. The van der Waals surface area contributed by atoms with Crippen LogP contribution in [0.1, 0.15) is 32.3 Å². The first-order valence-electron chi connectivity index (χ1n) is 6.97. The van der Waals surface area contributed by atoms with Gasteiger partial charge in [-0.25, -0.2) is 0 Å². The first-order valence-corrected chi connectivity index (χ1v) is 6.97. The summed E-state index contributed by atoms with van der Waals surface area (Å²) in [6, 6.07) is 5.43. The van der Waals surface area contributed by atoms with Gasteiger partial charge in [-0.3, -0.25) is 9.59 Å². The van der Waals surface area contributed by atoms with Crippen molar-refractivity contribution in [2.75, 3.05) is 11.9 Å². The molecular formula is C15H20N2O3. The molecule has 0 saturated carbocycles. The molecule has 0 radical (unpaired) electrons. The van der Waals surface area contributed by atoms with Crippen molar-refractivity contribution < 1.29 is 14.3 Å². The van der Waals surface area contributed by atoms with Crippen molar-refractivity contribution in [3.63, 3.8) is 0 Å². The molecule has 0 fully saturated rings. The number of hydrogen-bond acceptors (Lipinski definition) is 3. The van der Waals surface area contributed by atoms with Crippen LogP contribution in [0.25, 0.3) is 0 Å². The molecule has 2 rings (SSSR count). The number of anilines is 1. The first-order chi connectivity index (χ1) is 9.60. The van der Waals surface area contributed by atoms with Crippen LogP contribution in [0.15, 0.2) is 18.2 Å². The van der Waals surface area contributed by atoms with Gasteiger partial charge in [-0.2, -0.15) is 0 Å². The first kappa shape index (κ1) is 14.4. The number of carbonyl (C=O) groups excluding carboxylic acids is 2. The van der Waals surface area contributed by atoms with Gasteiger partial charge in [0.2, 0.25) is 5.91 Å². The minimum Gasteiger partial charge on any atom is -0.479 e. The van der Waals surface area contributed by atoms with Crippen molar-refractivity contribution in [3.05, 3.63) is 23.8 Å². The summed E-state index contributed by atoms with van der Waals surface area (Å²) in [6.45, 7) is 4.49. The predicted octanol–water partition coefficient (Wildman–Crippen LogP) is 1.86. The van der Waals surface area contributed by atoms with Gasteiger partial charge in [-0.05, 0) is 31.0 Å². The second kappa shape index (κ2) is 6.41. The molecule has 0 aliphatic carbocycles. The highest BCUT2D eigenvalue weighted by Gasteiger charge is 2.23. The Labute approximate surface area is 118 Å². The molecule has 2 N–H and O–H groups in total. The van der Waals surface area contributed by atoms with Gasteiger partial charge in [-0.1, -0.05) is 19.4 Å². The quantitative estimate of drug-likeness (QED) is 0.807. The Hall–Kier alpha value is -2.04. The Morgan fingerprint density at radius 3 is 3.00 bits per heavy atom. The molecule has 1 aromatic rings. The fraction of sp³-hybridized carbons (Fsp3) is 0.467. The number of nitrogens with one attached hydrogen (secondary N) is 2. The van der Waals surface area contributed by atoms with Crippen molar-refractivity contribution in [2.45, 2.75) is 39.2 Å². The van der Waals surface area contributed by atoms with E-state index in [4.69, 9.17) is 4.74 Å². The van der Waals surface area contributed by atoms with Crippen LogP contribution in [0.4, 0.5) is 5.69 Å². The lowest BCUT2D eigenvalue weighted by atomic mass is 10.1. The van der Waals surface area contributed by atoms with Crippen molar-refractivity contribution in [1.29, 1.82) is 0 Å². The third-order valence-corrected chi connectivity index (χ3v) is 3.19. The van der Waals surface area contributed by atoms with E-state index in [9.17, 15) is 9.59 Å². The van der Waals surface area contributed by atoms with Crippen LogP contribution in [0.3, 0.4) is 0 Å². The summed E-state index contributed by atoms with van der Waals surface area (Å²) in [5.41, 5.74) is 1.49. The summed E-state index contributed by atoms with van der Waals surface area (Å²) in [6.07, 6.45) is 1.87. The van der Waals surface area contributed by atoms with Gasteiger partial charge >= 0.3 is 0 Å². The van der Waals surface area contributed by atoms with Crippen molar-refractivity contribution in [3.8, 4) is 5.75 Å². The van der Waals surface area contributed by atoms with Crippen LogP contribution in [0, 0.1) is 0 Å². The van der Waals surface area contributed by atoms with Gasteiger partial charge < -0.3 is 15.4 Å². The number of unbranched alkanes of at least 4 members (excludes halogenated alkanes) is 1. The average Bonchev–Trinajstić information content (AvgIpc) is 2.41. The van der Waals surface area contributed by atoms with Crippen LogP contribution < -0.4 is 15.4 Å². The molecule has 1 atom stereocenters. The molecule has 0 spiro atoms. The van der Waals surface area contributed by atoms with E-state index in [0.717, 1.165) is 18.4 Å². The second-order valence-electron chi connectivity index (χ2n) is 4.96. The molecule has 5 heteroatoms. The molecule has 0 bridgehead atoms. The topological polar surface area (TPSA) is 67.4 Å². The molecule has 2 amide bonds. The summed E-state index contributed by atoms with van der Waals surface area (Å²) in [4.78, 5) is 23.3. The minimum absolute atomic E-state index is 0.00479. The van der Waals surface area contributed by atoms with E-state index in [1.54, 1.807) is 19.1 Å². The summed E-state index contributed by atoms with van der Waals surface area (Å²) in [5, 5.41) is 5.65. The van der Waals surface area contributed by atoms with E-state index < -0.39 is 6.10 Å². The predicted molar refractivity (Wildman–Crippen MR) is 76.8 cm³/mol. The molecule has 20 heavy (non-hydrogen) atoms. The third-order valence-electron chi connectivity index (χ3n) is 3.19. The molecule has 1 heterocycles. The zero-order valence-electron chi connectivity index (χ0n) is 11.9. The van der Waals surface area contributed by atoms with Gasteiger partial charge in [-0.15, -0.1) is 0 Å². The molecular weight excluding hydrogens is 256 g/mol. The fourth-order valence-electron chi connectivity index (χ4n) is 2.02. The number of carbonyl (C=O) groups is 2. The Morgan fingerprint density at radius 2 is 2.25 bits per heavy atom. The highest BCUT2D eigenvalue weighted by molar-refractivity contribution is 5.97. The lowest BCUT2D eigenvalue weighted by molar-refractivity contribution is -0.122. The highest BCUT2D eigenvalue weighted by atomic mass is 16.5. The highest BCUT2D eigenvalue weighted by Crippen LogP contribution is 2.30. The minimum atomic E-state index is -0.481. The average molecular weight is 276 g/mol. The molecule has 1 aliphatic heterocycles. The Morgan fingerprint density at radius 1 is 1.45 bits per heavy atom.